The van der Waals surface area contributed by atoms with Crippen LogP contribution in [0.3, 0.4) is 0 Å². The molecule has 0 aliphatic heterocycles. The molecule has 0 aliphatic carbocycles. The monoisotopic (exact) mass is 209 g/mol. The van der Waals surface area contributed by atoms with E-state index < -0.39 is 0 Å². The SMILES string of the molecule is C=C(C)c1cc(Cl)ccc1NC(C)=O. The Morgan fingerprint density at radius 3 is 2.57 bits per heavy atom. The number of allylic oxidation sites excluding steroid dienone is 1. The molecule has 0 aliphatic rings. The average Bonchev–Trinajstić information content (AvgIpc) is 2.07. The smallest absolute Gasteiger partial charge is 0.221 e. The quantitative estimate of drug-likeness (QED) is 0.796. The lowest BCUT2D eigenvalue weighted by Crippen LogP contribution is -2.07. The number of carbonyl (C=O) groups excluding carboxylic acids is 1. The van der Waals surface area contributed by atoms with Crippen LogP contribution >= 0.6 is 11.6 Å². The van der Waals surface area contributed by atoms with E-state index in [0.29, 0.717) is 5.02 Å². The fourth-order valence-electron chi connectivity index (χ4n) is 1.17. The summed E-state index contributed by atoms with van der Waals surface area (Å²) in [6, 6.07) is 5.29. The molecule has 0 fully saturated rings. The molecule has 1 aromatic rings. The molecule has 0 spiro atoms. The summed E-state index contributed by atoms with van der Waals surface area (Å²) in [5.41, 5.74) is 2.48. The summed E-state index contributed by atoms with van der Waals surface area (Å²) in [5, 5.41) is 3.36. The molecule has 0 atom stereocenters. The van der Waals surface area contributed by atoms with Crippen LogP contribution in [0.15, 0.2) is 24.8 Å². The molecule has 0 saturated carbocycles. The molecule has 0 radical (unpaired) electrons. The van der Waals surface area contributed by atoms with Gasteiger partial charge in [0.05, 0.1) is 0 Å². The Bertz CT molecular complexity index is 385. The maximum atomic E-state index is 10.9. The van der Waals surface area contributed by atoms with Crippen molar-refractivity contribution in [2.24, 2.45) is 0 Å². The minimum absolute atomic E-state index is 0.102. The van der Waals surface area contributed by atoms with Gasteiger partial charge >= 0.3 is 0 Å². The molecule has 2 nitrogen and oxygen atoms in total. The number of amides is 1. The highest BCUT2D eigenvalue weighted by atomic mass is 35.5. The minimum Gasteiger partial charge on any atom is -0.326 e. The maximum absolute atomic E-state index is 10.9. The van der Waals surface area contributed by atoms with Crippen molar-refractivity contribution in [2.75, 3.05) is 5.32 Å². The first-order valence-electron chi connectivity index (χ1n) is 4.23. The molecule has 3 heteroatoms. The standard InChI is InChI=1S/C11H12ClNO/c1-7(2)10-6-9(12)4-5-11(10)13-8(3)14/h4-6H,1H2,2-3H3,(H,13,14). The Morgan fingerprint density at radius 1 is 1.43 bits per heavy atom. The van der Waals surface area contributed by atoms with Crippen molar-refractivity contribution in [1.82, 2.24) is 0 Å². The molecule has 74 valence electrons. The van der Waals surface area contributed by atoms with Gasteiger partial charge in [-0.05, 0) is 30.7 Å². The van der Waals surface area contributed by atoms with Gasteiger partial charge in [0.25, 0.3) is 0 Å². The van der Waals surface area contributed by atoms with E-state index in [1.807, 2.05) is 6.92 Å². The maximum Gasteiger partial charge on any atom is 0.221 e. The summed E-state index contributed by atoms with van der Waals surface area (Å²) in [7, 11) is 0. The fraction of sp³-hybridized carbons (Fsp3) is 0.182. The Labute approximate surface area is 88.6 Å². The highest BCUT2D eigenvalue weighted by Gasteiger charge is 2.04. The van der Waals surface area contributed by atoms with E-state index in [0.717, 1.165) is 16.8 Å². The number of hydrogen-bond acceptors (Lipinski definition) is 1. The van der Waals surface area contributed by atoms with Crippen LogP contribution in [0.1, 0.15) is 19.4 Å². The second-order valence-electron chi connectivity index (χ2n) is 3.15. The normalized spacial score (nSPS) is 9.64. The number of carbonyl (C=O) groups is 1. The molecule has 1 N–H and O–H groups in total. The first kappa shape index (κ1) is 10.8. The van der Waals surface area contributed by atoms with Crippen molar-refractivity contribution >= 4 is 28.8 Å². The molecule has 0 unspecified atom stereocenters. The van der Waals surface area contributed by atoms with Gasteiger partial charge in [0.2, 0.25) is 5.91 Å². The van der Waals surface area contributed by atoms with Crippen molar-refractivity contribution in [3.05, 3.63) is 35.4 Å². The van der Waals surface area contributed by atoms with E-state index >= 15 is 0 Å². The molecule has 0 saturated heterocycles. The number of hydrogen-bond donors (Lipinski definition) is 1. The van der Waals surface area contributed by atoms with Crippen LogP contribution in [-0.4, -0.2) is 5.91 Å². The van der Waals surface area contributed by atoms with Crippen LogP contribution in [0.2, 0.25) is 5.02 Å². The van der Waals surface area contributed by atoms with E-state index in [9.17, 15) is 4.79 Å². The third kappa shape index (κ3) is 2.60. The predicted molar refractivity (Wildman–Crippen MR) is 60.5 cm³/mol. The Balaban J connectivity index is 3.14. The van der Waals surface area contributed by atoms with Gasteiger partial charge in [-0.25, -0.2) is 0 Å². The van der Waals surface area contributed by atoms with Gasteiger partial charge in [0.1, 0.15) is 0 Å². The molecule has 0 aromatic heterocycles. The van der Waals surface area contributed by atoms with Gasteiger partial charge in [-0.15, -0.1) is 0 Å². The second-order valence-corrected chi connectivity index (χ2v) is 3.59. The summed E-state index contributed by atoms with van der Waals surface area (Å²) in [6.07, 6.45) is 0. The number of rotatable bonds is 2. The van der Waals surface area contributed by atoms with Gasteiger partial charge < -0.3 is 5.32 Å². The molecule has 1 rings (SSSR count). The van der Waals surface area contributed by atoms with Crippen LogP contribution in [0.25, 0.3) is 5.57 Å². The Hall–Kier alpha value is -1.28. The number of nitrogens with one attached hydrogen (secondary N) is 1. The van der Waals surface area contributed by atoms with E-state index in [1.165, 1.54) is 6.92 Å². The first-order valence-corrected chi connectivity index (χ1v) is 4.61. The van der Waals surface area contributed by atoms with Crippen molar-refractivity contribution in [2.45, 2.75) is 13.8 Å². The lowest BCUT2D eigenvalue weighted by molar-refractivity contribution is -0.114. The van der Waals surface area contributed by atoms with Crippen LogP contribution in [0.5, 0.6) is 0 Å². The summed E-state index contributed by atoms with van der Waals surface area (Å²) in [4.78, 5) is 10.9. The third-order valence-corrected chi connectivity index (χ3v) is 1.99. The average molecular weight is 210 g/mol. The summed E-state index contributed by atoms with van der Waals surface area (Å²) >= 11 is 5.84. The molecule has 1 amide bonds. The fourth-order valence-corrected chi connectivity index (χ4v) is 1.34. The van der Waals surface area contributed by atoms with Crippen LogP contribution in [0, 0.1) is 0 Å². The predicted octanol–water partition coefficient (Wildman–Crippen LogP) is 3.33. The van der Waals surface area contributed by atoms with E-state index in [-0.39, 0.29) is 5.91 Å². The zero-order chi connectivity index (χ0) is 10.7. The summed E-state index contributed by atoms with van der Waals surface area (Å²) < 4.78 is 0. The van der Waals surface area contributed by atoms with Gasteiger partial charge in [0, 0.05) is 23.2 Å². The largest absolute Gasteiger partial charge is 0.326 e. The summed E-state index contributed by atoms with van der Waals surface area (Å²) in [5.74, 6) is -0.102. The topological polar surface area (TPSA) is 29.1 Å². The van der Waals surface area contributed by atoms with Gasteiger partial charge in [-0.2, -0.15) is 0 Å². The molecule has 1 aromatic carbocycles. The molecular formula is C11H12ClNO. The van der Waals surface area contributed by atoms with Crippen molar-refractivity contribution < 1.29 is 4.79 Å². The van der Waals surface area contributed by atoms with Gasteiger partial charge in [-0.1, -0.05) is 18.2 Å². The minimum atomic E-state index is -0.102. The lowest BCUT2D eigenvalue weighted by atomic mass is 10.1. The van der Waals surface area contributed by atoms with Crippen LogP contribution < -0.4 is 5.32 Å². The third-order valence-electron chi connectivity index (χ3n) is 1.75. The number of anilines is 1. The highest BCUT2D eigenvalue weighted by Crippen LogP contribution is 2.25. The Kier molecular flexibility index (Phi) is 3.31. The van der Waals surface area contributed by atoms with Crippen molar-refractivity contribution in [3.63, 3.8) is 0 Å². The van der Waals surface area contributed by atoms with Gasteiger partial charge in [-0.3, -0.25) is 4.79 Å². The van der Waals surface area contributed by atoms with Crippen molar-refractivity contribution in [3.8, 4) is 0 Å². The highest BCUT2D eigenvalue weighted by molar-refractivity contribution is 6.30. The van der Waals surface area contributed by atoms with E-state index in [1.54, 1.807) is 18.2 Å². The van der Waals surface area contributed by atoms with E-state index in [4.69, 9.17) is 11.6 Å². The molecular weight excluding hydrogens is 198 g/mol. The number of halogens is 1. The van der Waals surface area contributed by atoms with Gasteiger partial charge in [0.15, 0.2) is 0 Å². The first-order chi connectivity index (χ1) is 6.50. The van der Waals surface area contributed by atoms with Crippen LogP contribution in [0.4, 0.5) is 5.69 Å². The zero-order valence-corrected chi connectivity index (χ0v) is 8.98. The molecule has 14 heavy (non-hydrogen) atoms. The second kappa shape index (κ2) is 4.29. The number of benzene rings is 1. The van der Waals surface area contributed by atoms with Crippen molar-refractivity contribution in [1.29, 1.82) is 0 Å². The Morgan fingerprint density at radius 2 is 2.07 bits per heavy atom. The molecule has 0 bridgehead atoms. The summed E-state index contributed by atoms with van der Waals surface area (Å²) in [6.45, 7) is 7.17. The van der Waals surface area contributed by atoms with E-state index in [2.05, 4.69) is 11.9 Å². The lowest BCUT2D eigenvalue weighted by Gasteiger charge is -2.09. The zero-order valence-electron chi connectivity index (χ0n) is 8.23. The van der Waals surface area contributed by atoms with Crippen LogP contribution in [-0.2, 0) is 4.79 Å². The molecule has 0 heterocycles.